The first-order chi connectivity index (χ1) is 8.69. The van der Waals surface area contributed by atoms with Crippen molar-refractivity contribution < 1.29 is 4.42 Å². The van der Waals surface area contributed by atoms with Gasteiger partial charge in [-0.2, -0.15) is 12.6 Å². The molecule has 1 heterocycles. The first-order valence-electron chi connectivity index (χ1n) is 6.34. The molecule has 0 aliphatic rings. The molecule has 0 fully saturated rings. The molecule has 0 unspecified atom stereocenters. The van der Waals surface area contributed by atoms with E-state index in [-0.39, 0.29) is 0 Å². The molecule has 4 heteroatoms. The van der Waals surface area contributed by atoms with Crippen LogP contribution in [-0.4, -0.2) is 35.8 Å². The fourth-order valence-electron chi connectivity index (χ4n) is 2.02. The van der Waals surface area contributed by atoms with Gasteiger partial charge in [-0.3, -0.25) is 0 Å². The number of hydrogen-bond acceptors (Lipinski definition) is 4. The maximum absolute atomic E-state index is 5.47. The highest BCUT2D eigenvalue weighted by atomic mass is 32.1. The van der Waals surface area contributed by atoms with E-state index in [1.54, 1.807) is 0 Å². The van der Waals surface area contributed by atoms with Gasteiger partial charge < -0.3 is 9.32 Å². The van der Waals surface area contributed by atoms with Crippen LogP contribution in [0.2, 0.25) is 0 Å². The standard InChI is InChI=1S/C14H20N2OS/c1-11-15-13-10-12(4-5-14(13)17-11)6-8-16(2)7-3-9-18/h4-5,10,18H,3,6-9H2,1-2H3. The van der Waals surface area contributed by atoms with Crippen LogP contribution in [0, 0.1) is 6.92 Å². The van der Waals surface area contributed by atoms with Crippen LogP contribution < -0.4 is 0 Å². The maximum atomic E-state index is 5.47. The molecule has 0 aliphatic heterocycles. The van der Waals surface area contributed by atoms with Gasteiger partial charge in [-0.15, -0.1) is 0 Å². The van der Waals surface area contributed by atoms with E-state index in [4.69, 9.17) is 4.42 Å². The number of rotatable bonds is 6. The highest BCUT2D eigenvalue weighted by molar-refractivity contribution is 7.80. The minimum atomic E-state index is 0.730. The number of aromatic nitrogens is 1. The topological polar surface area (TPSA) is 29.3 Å². The highest BCUT2D eigenvalue weighted by Crippen LogP contribution is 2.17. The SMILES string of the molecule is Cc1nc2cc(CCN(C)CCCS)ccc2o1. The van der Waals surface area contributed by atoms with Crippen LogP contribution >= 0.6 is 12.6 Å². The lowest BCUT2D eigenvalue weighted by Crippen LogP contribution is -2.22. The van der Waals surface area contributed by atoms with Crippen molar-refractivity contribution >= 4 is 23.7 Å². The molecule has 1 aromatic heterocycles. The number of fused-ring (bicyclic) bond motifs is 1. The minimum absolute atomic E-state index is 0.730. The Hall–Kier alpha value is -1.00. The molecule has 0 spiro atoms. The van der Waals surface area contributed by atoms with Crippen molar-refractivity contribution in [2.45, 2.75) is 19.8 Å². The summed E-state index contributed by atoms with van der Waals surface area (Å²) in [5.41, 5.74) is 3.15. The zero-order valence-corrected chi connectivity index (χ0v) is 11.9. The van der Waals surface area contributed by atoms with E-state index in [0.29, 0.717) is 0 Å². The van der Waals surface area contributed by atoms with Gasteiger partial charge in [-0.25, -0.2) is 4.98 Å². The third-order valence-corrected chi connectivity index (χ3v) is 3.36. The van der Waals surface area contributed by atoms with Gasteiger partial charge in [-0.1, -0.05) is 6.07 Å². The average molecular weight is 264 g/mol. The predicted molar refractivity (Wildman–Crippen MR) is 78.4 cm³/mol. The lowest BCUT2D eigenvalue weighted by molar-refractivity contribution is 0.340. The number of oxazole rings is 1. The lowest BCUT2D eigenvalue weighted by atomic mass is 10.1. The zero-order chi connectivity index (χ0) is 13.0. The van der Waals surface area contributed by atoms with E-state index in [1.165, 1.54) is 5.56 Å². The van der Waals surface area contributed by atoms with Gasteiger partial charge in [0.1, 0.15) is 5.52 Å². The fourth-order valence-corrected chi connectivity index (χ4v) is 2.16. The fraction of sp³-hybridized carbons (Fsp3) is 0.500. The smallest absolute Gasteiger partial charge is 0.192 e. The predicted octanol–water partition coefficient (Wildman–Crippen LogP) is 2.93. The van der Waals surface area contributed by atoms with Gasteiger partial charge in [0.2, 0.25) is 0 Å². The van der Waals surface area contributed by atoms with Crippen molar-refractivity contribution in [2.24, 2.45) is 0 Å². The second-order valence-corrected chi connectivity index (χ2v) is 5.11. The maximum Gasteiger partial charge on any atom is 0.192 e. The van der Waals surface area contributed by atoms with Crippen LogP contribution in [0.15, 0.2) is 22.6 Å². The van der Waals surface area contributed by atoms with Gasteiger partial charge in [0.25, 0.3) is 0 Å². The van der Waals surface area contributed by atoms with Crippen LogP contribution in [0.5, 0.6) is 0 Å². The molecular formula is C14H20N2OS. The number of benzene rings is 1. The third kappa shape index (κ3) is 3.50. The quantitative estimate of drug-likeness (QED) is 0.813. The normalized spacial score (nSPS) is 11.6. The number of nitrogens with zero attached hydrogens (tertiary/aromatic N) is 2. The molecule has 3 nitrogen and oxygen atoms in total. The second kappa shape index (κ2) is 6.25. The summed E-state index contributed by atoms with van der Waals surface area (Å²) in [6.07, 6.45) is 2.19. The molecule has 1 aromatic carbocycles. The molecule has 0 N–H and O–H groups in total. The van der Waals surface area contributed by atoms with E-state index >= 15 is 0 Å². The summed E-state index contributed by atoms with van der Waals surface area (Å²) in [6.45, 7) is 4.05. The lowest BCUT2D eigenvalue weighted by Gasteiger charge is -2.15. The summed E-state index contributed by atoms with van der Waals surface area (Å²) < 4.78 is 5.47. The Morgan fingerprint density at radius 1 is 1.33 bits per heavy atom. The Balaban J connectivity index is 1.95. The molecule has 0 atom stereocenters. The summed E-state index contributed by atoms with van der Waals surface area (Å²) in [5, 5.41) is 0. The molecule has 2 aromatic rings. The van der Waals surface area contributed by atoms with Crippen LogP contribution in [0.4, 0.5) is 0 Å². The largest absolute Gasteiger partial charge is 0.441 e. The first-order valence-corrected chi connectivity index (χ1v) is 6.98. The molecule has 2 rings (SSSR count). The molecule has 0 radical (unpaired) electrons. The van der Waals surface area contributed by atoms with Crippen molar-refractivity contribution in [2.75, 3.05) is 25.9 Å². The highest BCUT2D eigenvalue weighted by Gasteiger charge is 2.04. The number of thiol groups is 1. The van der Waals surface area contributed by atoms with E-state index in [1.807, 2.05) is 13.0 Å². The van der Waals surface area contributed by atoms with Crippen molar-refractivity contribution in [1.82, 2.24) is 9.88 Å². The van der Waals surface area contributed by atoms with Gasteiger partial charge in [-0.05, 0) is 49.9 Å². The van der Waals surface area contributed by atoms with Gasteiger partial charge in [0.15, 0.2) is 11.5 Å². The summed E-state index contributed by atoms with van der Waals surface area (Å²) in [4.78, 5) is 6.70. The van der Waals surface area contributed by atoms with Crippen molar-refractivity contribution in [3.05, 3.63) is 29.7 Å². The molecule has 0 amide bonds. The molecule has 98 valence electrons. The van der Waals surface area contributed by atoms with Gasteiger partial charge in [0, 0.05) is 13.5 Å². The summed E-state index contributed by atoms with van der Waals surface area (Å²) in [5.74, 6) is 1.68. The van der Waals surface area contributed by atoms with Crippen LogP contribution in [0.25, 0.3) is 11.1 Å². The van der Waals surface area contributed by atoms with Crippen LogP contribution in [-0.2, 0) is 6.42 Å². The molecule has 0 saturated heterocycles. The Bertz CT molecular complexity index is 509. The number of likely N-dealkylation sites (N-methyl/N-ethyl adjacent to an activating group) is 1. The van der Waals surface area contributed by atoms with E-state index in [2.05, 4.69) is 41.7 Å². The van der Waals surface area contributed by atoms with E-state index in [0.717, 1.165) is 48.7 Å². The van der Waals surface area contributed by atoms with E-state index < -0.39 is 0 Å². The Morgan fingerprint density at radius 2 is 2.17 bits per heavy atom. The number of aryl methyl sites for hydroxylation is 1. The monoisotopic (exact) mass is 264 g/mol. The first kappa shape index (κ1) is 13.4. The Labute approximate surface area is 114 Å². The molecule has 0 bridgehead atoms. The Kier molecular flexibility index (Phi) is 4.66. The molecule has 0 aliphatic carbocycles. The van der Waals surface area contributed by atoms with Gasteiger partial charge in [0.05, 0.1) is 0 Å². The van der Waals surface area contributed by atoms with Crippen LogP contribution in [0.3, 0.4) is 0 Å². The van der Waals surface area contributed by atoms with Gasteiger partial charge >= 0.3 is 0 Å². The van der Waals surface area contributed by atoms with E-state index in [9.17, 15) is 0 Å². The molecule has 18 heavy (non-hydrogen) atoms. The summed E-state index contributed by atoms with van der Waals surface area (Å²) >= 11 is 4.23. The van der Waals surface area contributed by atoms with Crippen LogP contribution in [0.1, 0.15) is 17.9 Å². The molecule has 0 saturated carbocycles. The molecular weight excluding hydrogens is 244 g/mol. The Morgan fingerprint density at radius 3 is 2.94 bits per heavy atom. The summed E-state index contributed by atoms with van der Waals surface area (Å²) in [7, 11) is 2.15. The minimum Gasteiger partial charge on any atom is -0.441 e. The average Bonchev–Trinajstić information content (AvgIpc) is 2.73. The summed E-state index contributed by atoms with van der Waals surface area (Å²) in [6, 6.07) is 6.26. The van der Waals surface area contributed by atoms with Crippen molar-refractivity contribution in [3.8, 4) is 0 Å². The second-order valence-electron chi connectivity index (χ2n) is 4.67. The van der Waals surface area contributed by atoms with Crippen molar-refractivity contribution in [1.29, 1.82) is 0 Å². The third-order valence-electron chi connectivity index (χ3n) is 3.04. The number of hydrogen-bond donors (Lipinski definition) is 1. The zero-order valence-electron chi connectivity index (χ0n) is 11.0. The van der Waals surface area contributed by atoms with Crippen molar-refractivity contribution in [3.63, 3.8) is 0 Å².